The number of aromatic nitrogens is 1. The van der Waals surface area contributed by atoms with Crippen molar-refractivity contribution in [1.82, 2.24) is 4.98 Å². The lowest BCUT2D eigenvalue weighted by Crippen LogP contribution is -1.88. The van der Waals surface area contributed by atoms with Gasteiger partial charge in [-0.1, -0.05) is 0 Å². The van der Waals surface area contributed by atoms with Crippen LogP contribution in [0.2, 0.25) is 0 Å². The minimum atomic E-state index is 0.326. The van der Waals surface area contributed by atoms with Gasteiger partial charge in [-0.3, -0.25) is 4.98 Å². The molecule has 0 bridgehead atoms. The van der Waals surface area contributed by atoms with Crippen LogP contribution in [0.25, 0.3) is 0 Å². The first-order chi connectivity index (χ1) is 5.42. The Bertz CT molecular complexity index is 235. The fourth-order valence-corrected chi connectivity index (χ4v) is 1.47. The molecule has 58 valence electrons. The van der Waals surface area contributed by atoms with Gasteiger partial charge in [0.15, 0.2) is 0 Å². The minimum absolute atomic E-state index is 0.326. The first-order valence-corrected chi connectivity index (χ1v) is 3.92. The Kier molecular flexibility index (Phi) is 1.62. The average Bonchev–Trinajstić information content (AvgIpc) is 2.85. The molecule has 2 rings (SSSR count). The Morgan fingerprint density at radius 1 is 1.45 bits per heavy atom. The van der Waals surface area contributed by atoms with Gasteiger partial charge in [0.05, 0.1) is 0 Å². The first kappa shape index (κ1) is 6.80. The first-order valence-electron chi connectivity index (χ1n) is 3.92. The lowest BCUT2D eigenvalue weighted by atomic mass is 10.1. The molecule has 2 heteroatoms. The van der Waals surface area contributed by atoms with E-state index in [1.54, 1.807) is 0 Å². The normalized spacial score (nSPS) is 28.5. The zero-order chi connectivity index (χ0) is 7.68. The second-order valence-electron chi connectivity index (χ2n) is 3.07. The molecular weight excluding hydrogens is 138 g/mol. The molecule has 1 fully saturated rings. The van der Waals surface area contributed by atoms with Gasteiger partial charge in [-0.15, -0.1) is 0 Å². The topological polar surface area (TPSA) is 33.1 Å². The maximum atomic E-state index is 8.82. The number of nitrogens with zero attached hydrogens (tertiary/aromatic N) is 1. The van der Waals surface area contributed by atoms with E-state index in [0.29, 0.717) is 18.4 Å². The summed E-state index contributed by atoms with van der Waals surface area (Å²) >= 11 is 0. The number of pyridine rings is 1. The number of hydrogen-bond donors (Lipinski definition) is 1. The fourth-order valence-electron chi connectivity index (χ4n) is 1.47. The molecule has 11 heavy (non-hydrogen) atoms. The summed E-state index contributed by atoms with van der Waals surface area (Å²) in [6, 6.07) is 4.06. The lowest BCUT2D eigenvalue weighted by molar-refractivity contribution is 0.274. The molecule has 2 nitrogen and oxygen atoms in total. The summed E-state index contributed by atoms with van der Waals surface area (Å²) in [5.41, 5.74) is 1.32. The maximum Gasteiger partial charge on any atom is 0.0465 e. The van der Waals surface area contributed by atoms with Crippen LogP contribution in [0, 0.1) is 5.92 Å². The van der Waals surface area contributed by atoms with Crippen LogP contribution in [0.5, 0.6) is 0 Å². The zero-order valence-corrected chi connectivity index (χ0v) is 6.27. The smallest absolute Gasteiger partial charge is 0.0465 e. The van der Waals surface area contributed by atoms with Crippen molar-refractivity contribution in [1.29, 1.82) is 0 Å². The Balaban J connectivity index is 2.09. The van der Waals surface area contributed by atoms with E-state index in [2.05, 4.69) is 4.98 Å². The van der Waals surface area contributed by atoms with E-state index in [9.17, 15) is 0 Å². The van der Waals surface area contributed by atoms with E-state index < -0.39 is 0 Å². The van der Waals surface area contributed by atoms with Crippen LogP contribution in [-0.4, -0.2) is 16.7 Å². The fraction of sp³-hybridized carbons (Fsp3) is 0.444. The molecule has 1 saturated carbocycles. The third-order valence-electron chi connectivity index (χ3n) is 2.29. The van der Waals surface area contributed by atoms with Crippen molar-refractivity contribution in [3.05, 3.63) is 30.1 Å². The molecule has 0 aliphatic heterocycles. The van der Waals surface area contributed by atoms with Crippen molar-refractivity contribution in [2.45, 2.75) is 12.3 Å². The zero-order valence-electron chi connectivity index (χ0n) is 6.27. The average molecular weight is 149 g/mol. The number of aliphatic hydroxyl groups excluding tert-OH is 1. The van der Waals surface area contributed by atoms with Crippen molar-refractivity contribution in [3.8, 4) is 0 Å². The minimum Gasteiger partial charge on any atom is -0.396 e. The van der Waals surface area contributed by atoms with E-state index in [1.807, 2.05) is 24.5 Å². The molecule has 1 aliphatic carbocycles. The van der Waals surface area contributed by atoms with Crippen molar-refractivity contribution in [2.75, 3.05) is 6.61 Å². The van der Waals surface area contributed by atoms with Crippen LogP contribution >= 0.6 is 0 Å². The summed E-state index contributed by atoms with van der Waals surface area (Å²) in [4.78, 5) is 3.94. The second-order valence-corrected chi connectivity index (χ2v) is 3.07. The van der Waals surface area contributed by atoms with Crippen LogP contribution in [0.1, 0.15) is 17.9 Å². The highest BCUT2D eigenvalue weighted by Gasteiger charge is 2.37. The van der Waals surface area contributed by atoms with Crippen LogP contribution in [0.3, 0.4) is 0 Å². The van der Waals surface area contributed by atoms with E-state index in [0.717, 1.165) is 6.42 Å². The molecular formula is C9H11NO. The molecule has 2 unspecified atom stereocenters. The van der Waals surface area contributed by atoms with Gasteiger partial charge in [0.2, 0.25) is 0 Å². The molecule has 0 saturated heterocycles. The molecule has 2 atom stereocenters. The molecule has 1 aromatic heterocycles. The molecule has 1 aromatic rings. The van der Waals surface area contributed by atoms with Crippen molar-refractivity contribution >= 4 is 0 Å². The summed E-state index contributed by atoms with van der Waals surface area (Å²) in [7, 11) is 0. The van der Waals surface area contributed by atoms with Crippen molar-refractivity contribution in [2.24, 2.45) is 5.92 Å². The van der Waals surface area contributed by atoms with E-state index in [1.165, 1.54) is 5.56 Å². The number of aliphatic hydroxyl groups is 1. The van der Waals surface area contributed by atoms with Gasteiger partial charge in [-0.05, 0) is 36.0 Å². The van der Waals surface area contributed by atoms with Gasteiger partial charge in [-0.25, -0.2) is 0 Å². The summed E-state index contributed by atoms with van der Waals surface area (Å²) in [5, 5.41) is 8.82. The quantitative estimate of drug-likeness (QED) is 0.684. The summed E-state index contributed by atoms with van der Waals surface area (Å²) < 4.78 is 0. The third kappa shape index (κ3) is 1.26. The maximum absolute atomic E-state index is 8.82. The highest BCUT2D eigenvalue weighted by molar-refractivity contribution is 5.22. The molecule has 1 heterocycles. The van der Waals surface area contributed by atoms with Crippen LogP contribution < -0.4 is 0 Å². The summed E-state index contributed by atoms with van der Waals surface area (Å²) in [6.45, 7) is 0.326. The van der Waals surface area contributed by atoms with Crippen LogP contribution in [0.15, 0.2) is 24.5 Å². The predicted molar refractivity (Wildman–Crippen MR) is 42.2 cm³/mol. The Morgan fingerprint density at radius 3 is 2.73 bits per heavy atom. The Morgan fingerprint density at radius 2 is 2.18 bits per heavy atom. The molecule has 1 aliphatic rings. The number of hydrogen-bond acceptors (Lipinski definition) is 2. The van der Waals surface area contributed by atoms with Gasteiger partial charge in [0, 0.05) is 19.0 Å². The van der Waals surface area contributed by atoms with Gasteiger partial charge < -0.3 is 5.11 Å². The monoisotopic (exact) mass is 149 g/mol. The SMILES string of the molecule is OCC1CC1c1ccncc1. The largest absolute Gasteiger partial charge is 0.396 e. The van der Waals surface area contributed by atoms with Gasteiger partial charge in [0.25, 0.3) is 0 Å². The third-order valence-corrected chi connectivity index (χ3v) is 2.29. The molecule has 0 radical (unpaired) electrons. The van der Waals surface area contributed by atoms with Crippen molar-refractivity contribution < 1.29 is 5.11 Å². The van der Waals surface area contributed by atoms with Crippen LogP contribution in [-0.2, 0) is 0 Å². The molecule has 0 amide bonds. The summed E-state index contributed by atoms with van der Waals surface area (Å²) in [6.07, 6.45) is 4.75. The number of rotatable bonds is 2. The van der Waals surface area contributed by atoms with E-state index >= 15 is 0 Å². The van der Waals surface area contributed by atoms with E-state index in [4.69, 9.17) is 5.11 Å². The second kappa shape index (κ2) is 2.62. The van der Waals surface area contributed by atoms with Gasteiger partial charge >= 0.3 is 0 Å². The lowest BCUT2D eigenvalue weighted by Gasteiger charge is -1.95. The van der Waals surface area contributed by atoms with Crippen molar-refractivity contribution in [3.63, 3.8) is 0 Å². The van der Waals surface area contributed by atoms with Crippen LogP contribution in [0.4, 0.5) is 0 Å². The summed E-state index contributed by atoms with van der Waals surface area (Å²) in [5.74, 6) is 1.11. The molecule has 0 spiro atoms. The van der Waals surface area contributed by atoms with E-state index in [-0.39, 0.29) is 0 Å². The van der Waals surface area contributed by atoms with Gasteiger partial charge in [0.1, 0.15) is 0 Å². The highest BCUT2D eigenvalue weighted by Crippen LogP contribution is 2.46. The predicted octanol–water partition coefficient (Wildman–Crippen LogP) is 1.18. The molecule has 0 aromatic carbocycles. The molecule has 1 N–H and O–H groups in total. The Labute approximate surface area is 65.9 Å². The highest BCUT2D eigenvalue weighted by atomic mass is 16.3. The van der Waals surface area contributed by atoms with Gasteiger partial charge in [-0.2, -0.15) is 0 Å². The Hall–Kier alpha value is -0.890. The standard InChI is InChI=1S/C9H11NO/c11-6-8-5-9(8)7-1-3-10-4-2-7/h1-4,8-9,11H,5-6H2.